The molecule has 1 aromatic carbocycles. The minimum absolute atomic E-state index is 0.0163. The van der Waals surface area contributed by atoms with Crippen LogP contribution in [0.5, 0.6) is 0 Å². The second kappa shape index (κ2) is 8.33. The molecule has 0 spiro atoms. The monoisotopic (exact) mass is 378 g/mol. The number of benzene rings is 1. The summed E-state index contributed by atoms with van der Waals surface area (Å²) in [5.41, 5.74) is 3.09. The highest BCUT2D eigenvalue weighted by Crippen LogP contribution is 2.21. The number of carbonyl (C=O) groups excluding carboxylic acids is 1. The summed E-state index contributed by atoms with van der Waals surface area (Å²) >= 11 is 0. The van der Waals surface area contributed by atoms with E-state index in [0.717, 1.165) is 42.9 Å². The van der Waals surface area contributed by atoms with E-state index in [1.807, 2.05) is 33.8 Å². The van der Waals surface area contributed by atoms with Crippen molar-refractivity contribution in [2.45, 2.75) is 32.2 Å². The fourth-order valence-corrected chi connectivity index (χ4v) is 3.56. The van der Waals surface area contributed by atoms with Crippen LogP contribution in [0.4, 0.5) is 4.39 Å². The average molecular weight is 378 g/mol. The van der Waals surface area contributed by atoms with Gasteiger partial charge in [-0.15, -0.1) is 0 Å². The molecular weight excluding hydrogens is 355 g/mol. The Labute approximate surface area is 163 Å². The van der Waals surface area contributed by atoms with Crippen LogP contribution in [0.3, 0.4) is 0 Å². The van der Waals surface area contributed by atoms with Gasteiger partial charge in [-0.1, -0.05) is 18.2 Å². The SMILES string of the molecule is O=C(c1cc(-c2ccccn2)n(CCc2ccc(F)cc2)n1)N1CCCCC1. The van der Waals surface area contributed by atoms with E-state index in [1.54, 1.807) is 18.3 Å². The van der Waals surface area contributed by atoms with E-state index in [9.17, 15) is 9.18 Å². The van der Waals surface area contributed by atoms with Gasteiger partial charge in [0.2, 0.25) is 0 Å². The smallest absolute Gasteiger partial charge is 0.274 e. The molecule has 0 atom stereocenters. The van der Waals surface area contributed by atoms with Crippen molar-refractivity contribution in [2.75, 3.05) is 13.1 Å². The first-order valence-electron chi connectivity index (χ1n) is 9.74. The molecule has 1 fully saturated rings. The Morgan fingerprint density at radius 1 is 1.04 bits per heavy atom. The van der Waals surface area contributed by atoms with Crippen molar-refractivity contribution < 1.29 is 9.18 Å². The number of piperidine rings is 1. The van der Waals surface area contributed by atoms with Gasteiger partial charge in [-0.2, -0.15) is 5.10 Å². The molecule has 28 heavy (non-hydrogen) atoms. The standard InChI is InChI=1S/C22H23FN4O/c23-18-9-7-17(8-10-18)11-15-27-21(19-6-2-3-12-24-19)16-20(25-27)22(28)26-13-4-1-5-14-26/h2-3,6-10,12,16H,1,4-5,11,13-15H2. The summed E-state index contributed by atoms with van der Waals surface area (Å²) in [7, 11) is 0. The lowest BCUT2D eigenvalue weighted by Crippen LogP contribution is -2.35. The molecule has 0 aliphatic carbocycles. The van der Waals surface area contributed by atoms with Crippen molar-refractivity contribution in [3.05, 3.63) is 71.8 Å². The van der Waals surface area contributed by atoms with E-state index in [2.05, 4.69) is 10.1 Å². The van der Waals surface area contributed by atoms with Crippen LogP contribution in [-0.4, -0.2) is 38.7 Å². The summed E-state index contributed by atoms with van der Waals surface area (Å²) in [6, 6.07) is 14.0. The highest BCUT2D eigenvalue weighted by atomic mass is 19.1. The fourth-order valence-electron chi connectivity index (χ4n) is 3.56. The molecule has 0 radical (unpaired) electrons. The van der Waals surface area contributed by atoms with Gasteiger partial charge < -0.3 is 4.90 Å². The zero-order chi connectivity index (χ0) is 19.3. The first kappa shape index (κ1) is 18.3. The average Bonchev–Trinajstić information content (AvgIpc) is 3.18. The number of hydrogen-bond acceptors (Lipinski definition) is 3. The number of halogens is 1. The van der Waals surface area contributed by atoms with Crippen LogP contribution in [0.15, 0.2) is 54.7 Å². The molecule has 0 unspecified atom stereocenters. The number of likely N-dealkylation sites (tertiary alicyclic amines) is 1. The Balaban J connectivity index is 1.60. The van der Waals surface area contributed by atoms with Gasteiger partial charge >= 0.3 is 0 Å². The number of pyridine rings is 1. The predicted octanol–water partition coefficient (Wildman–Crippen LogP) is 3.95. The van der Waals surface area contributed by atoms with Gasteiger partial charge in [0.15, 0.2) is 5.69 Å². The lowest BCUT2D eigenvalue weighted by molar-refractivity contribution is 0.0717. The molecule has 2 aromatic heterocycles. The second-order valence-electron chi connectivity index (χ2n) is 7.08. The molecule has 6 heteroatoms. The molecule has 0 N–H and O–H groups in total. The maximum absolute atomic E-state index is 13.1. The normalized spacial score (nSPS) is 14.2. The molecule has 3 heterocycles. The Hall–Kier alpha value is -3.02. The summed E-state index contributed by atoms with van der Waals surface area (Å²) in [5.74, 6) is -0.260. The predicted molar refractivity (Wildman–Crippen MR) is 105 cm³/mol. The van der Waals surface area contributed by atoms with Crippen LogP contribution in [0.1, 0.15) is 35.3 Å². The van der Waals surface area contributed by atoms with E-state index in [4.69, 9.17) is 0 Å². The molecule has 1 aliphatic heterocycles. The molecule has 5 nitrogen and oxygen atoms in total. The topological polar surface area (TPSA) is 51.0 Å². The number of nitrogens with zero attached hydrogens (tertiary/aromatic N) is 4. The first-order valence-corrected chi connectivity index (χ1v) is 9.74. The van der Waals surface area contributed by atoms with Crippen molar-refractivity contribution in [1.29, 1.82) is 0 Å². The molecular formula is C22H23FN4O. The van der Waals surface area contributed by atoms with E-state index in [1.165, 1.54) is 18.6 Å². The zero-order valence-electron chi connectivity index (χ0n) is 15.7. The maximum Gasteiger partial charge on any atom is 0.274 e. The van der Waals surface area contributed by atoms with E-state index >= 15 is 0 Å². The number of hydrogen-bond donors (Lipinski definition) is 0. The van der Waals surface area contributed by atoms with Crippen molar-refractivity contribution in [3.63, 3.8) is 0 Å². The van der Waals surface area contributed by atoms with Crippen LogP contribution in [0.25, 0.3) is 11.4 Å². The molecule has 4 rings (SSSR count). The van der Waals surface area contributed by atoms with Gasteiger partial charge in [-0.25, -0.2) is 4.39 Å². The van der Waals surface area contributed by atoms with Crippen LogP contribution in [0, 0.1) is 5.82 Å². The third-order valence-electron chi connectivity index (χ3n) is 5.10. The molecule has 0 bridgehead atoms. The van der Waals surface area contributed by atoms with Gasteiger partial charge in [0.05, 0.1) is 11.4 Å². The Morgan fingerprint density at radius 2 is 1.82 bits per heavy atom. The quantitative estimate of drug-likeness (QED) is 0.675. The van der Waals surface area contributed by atoms with Gasteiger partial charge in [-0.05, 0) is 61.6 Å². The molecule has 0 saturated carbocycles. The van der Waals surface area contributed by atoms with Crippen LogP contribution in [-0.2, 0) is 13.0 Å². The number of amides is 1. The highest BCUT2D eigenvalue weighted by Gasteiger charge is 2.22. The number of rotatable bonds is 5. The van der Waals surface area contributed by atoms with E-state index in [0.29, 0.717) is 18.7 Å². The summed E-state index contributed by atoms with van der Waals surface area (Å²) in [5, 5.41) is 4.61. The van der Waals surface area contributed by atoms with Crippen LogP contribution < -0.4 is 0 Å². The van der Waals surface area contributed by atoms with E-state index in [-0.39, 0.29) is 11.7 Å². The van der Waals surface area contributed by atoms with Gasteiger partial charge in [0.1, 0.15) is 5.82 Å². The minimum Gasteiger partial charge on any atom is -0.337 e. The lowest BCUT2D eigenvalue weighted by atomic mass is 10.1. The second-order valence-corrected chi connectivity index (χ2v) is 7.08. The number of carbonyl (C=O) groups is 1. The molecule has 1 saturated heterocycles. The third kappa shape index (κ3) is 4.11. The summed E-state index contributed by atoms with van der Waals surface area (Å²) in [6.45, 7) is 2.17. The Morgan fingerprint density at radius 3 is 2.54 bits per heavy atom. The van der Waals surface area contributed by atoms with E-state index < -0.39 is 0 Å². The van der Waals surface area contributed by atoms with Crippen LogP contribution in [0.2, 0.25) is 0 Å². The highest BCUT2D eigenvalue weighted by molar-refractivity contribution is 5.93. The number of aromatic nitrogens is 3. The largest absolute Gasteiger partial charge is 0.337 e. The lowest BCUT2D eigenvalue weighted by Gasteiger charge is -2.25. The van der Waals surface area contributed by atoms with Gasteiger partial charge in [0, 0.05) is 25.8 Å². The maximum atomic E-state index is 13.1. The molecule has 1 aliphatic rings. The van der Waals surface area contributed by atoms with Crippen molar-refractivity contribution in [1.82, 2.24) is 19.7 Å². The Bertz CT molecular complexity index is 931. The van der Waals surface area contributed by atoms with Crippen molar-refractivity contribution >= 4 is 5.91 Å². The fraction of sp³-hybridized carbons (Fsp3) is 0.318. The minimum atomic E-state index is -0.244. The molecule has 1 amide bonds. The summed E-state index contributed by atoms with van der Waals surface area (Å²) < 4.78 is 15.0. The summed E-state index contributed by atoms with van der Waals surface area (Å²) in [4.78, 5) is 19.2. The Kier molecular flexibility index (Phi) is 5.46. The molecule has 3 aromatic rings. The van der Waals surface area contributed by atoms with Crippen molar-refractivity contribution in [3.8, 4) is 11.4 Å². The van der Waals surface area contributed by atoms with Gasteiger partial charge in [0.25, 0.3) is 5.91 Å². The molecule has 144 valence electrons. The first-order chi connectivity index (χ1) is 13.7. The zero-order valence-corrected chi connectivity index (χ0v) is 15.7. The third-order valence-corrected chi connectivity index (χ3v) is 5.10. The van der Waals surface area contributed by atoms with Gasteiger partial charge in [-0.3, -0.25) is 14.5 Å². The number of aryl methyl sites for hydroxylation is 2. The van der Waals surface area contributed by atoms with Crippen LogP contribution >= 0.6 is 0 Å². The summed E-state index contributed by atoms with van der Waals surface area (Å²) in [6.07, 6.45) is 5.70. The van der Waals surface area contributed by atoms with Crippen molar-refractivity contribution in [2.24, 2.45) is 0 Å².